The molecule has 1 fully saturated rings. The normalized spacial score (nSPS) is 18.0. The Balaban J connectivity index is 1.53. The lowest BCUT2D eigenvalue weighted by molar-refractivity contribution is -0.147. The monoisotopic (exact) mass is 467 g/mol. The Morgan fingerprint density at radius 3 is 2.36 bits per heavy atom. The van der Waals surface area contributed by atoms with Crippen molar-refractivity contribution in [2.75, 3.05) is 0 Å². The van der Waals surface area contributed by atoms with Gasteiger partial charge in [0.15, 0.2) is 0 Å². The van der Waals surface area contributed by atoms with Crippen molar-refractivity contribution in [2.45, 2.75) is 35.8 Å². The molecule has 1 saturated heterocycles. The topological polar surface area (TPSA) is 35.9 Å². The van der Waals surface area contributed by atoms with Gasteiger partial charge >= 0.3 is 6.18 Å². The molecule has 3 aromatic rings. The number of hydrazine groups is 1. The van der Waals surface area contributed by atoms with Crippen LogP contribution in [0.25, 0.3) is 0 Å². The van der Waals surface area contributed by atoms with Crippen molar-refractivity contribution in [3.8, 4) is 0 Å². The smallest absolute Gasteiger partial charge is 0.273 e. The number of benzene rings is 3. The molecule has 0 spiro atoms. The number of halogens is 3. The van der Waals surface area contributed by atoms with Gasteiger partial charge in [0, 0.05) is 11.3 Å². The van der Waals surface area contributed by atoms with Gasteiger partial charge in [-0.25, -0.2) is 10.0 Å². The molecule has 2 aliphatic heterocycles. The third kappa shape index (κ3) is 4.48. The molecule has 1 amide bonds. The zero-order valence-electron chi connectivity index (χ0n) is 17.5. The largest absolute Gasteiger partial charge is 0.416 e. The number of fused-ring (bicyclic) bond motifs is 2. The first-order valence-electron chi connectivity index (χ1n) is 10.5. The van der Waals surface area contributed by atoms with Gasteiger partial charge < -0.3 is 0 Å². The molecule has 5 rings (SSSR count). The number of hydrogen-bond acceptors (Lipinski definition) is 4. The van der Waals surface area contributed by atoms with Gasteiger partial charge in [-0.2, -0.15) is 13.2 Å². The molecule has 2 heterocycles. The standard InChI is InChI=1S/C25H20F3N3OS/c26-25(27,28)19-10-6-9-18(13-19)16-30-23(32)14-22-24(29-20-11-4-5-12-21(20)33-22)31(30)15-17-7-2-1-3-8-17/h1-13,22H,14-16H2/t22-/m0/s1. The van der Waals surface area contributed by atoms with Crippen LogP contribution >= 0.6 is 11.8 Å². The minimum atomic E-state index is -4.44. The molecule has 2 aliphatic rings. The second kappa shape index (κ2) is 8.59. The third-order valence-corrected chi connectivity index (χ3v) is 6.88. The summed E-state index contributed by atoms with van der Waals surface area (Å²) in [6.07, 6.45) is -4.20. The van der Waals surface area contributed by atoms with E-state index < -0.39 is 11.7 Å². The predicted molar refractivity (Wildman–Crippen MR) is 122 cm³/mol. The second-order valence-corrected chi connectivity index (χ2v) is 9.19. The fourth-order valence-corrected chi connectivity index (χ4v) is 5.25. The molecule has 0 unspecified atom stereocenters. The molecule has 0 N–H and O–H groups in total. The van der Waals surface area contributed by atoms with Crippen molar-refractivity contribution in [2.24, 2.45) is 4.99 Å². The summed E-state index contributed by atoms with van der Waals surface area (Å²) >= 11 is 1.60. The highest BCUT2D eigenvalue weighted by atomic mass is 32.2. The average molecular weight is 468 g/mol. The summed E-state index contributed by atoms with van der Waals surface area (Å²) in [5, 5.41) is 3.22. The lowest BCUT2D eigenvalue weighted by Crippen LogP contribution is -2.57. The van der Waals surface area contributed by atoms with Gasteiger partial charge in [-0.1, -0.05) is 54.6 Å². The van der Waals surface area contributed by atoms with Gasteiger partial charge in [-0.15, -0.1) is 11.8 Å². The van der Waals surface area contributed by atoms with Crippen molar-refractivity contribution in [3.05, 3.63) is 95.6 Å². The molecular formula is C25H20F3N3OS. The first-order chi connectivity index (χ1) is 15.9. The van der Waals surface area contributed by atoms with Crippen LogP contribution in [-0.4, -0.2) is 27.0 Å². The zero-order valence-corrected chi connectivity index (χ0v) is 18.3. The summed E-state index contributed by atoms with van der Waals surface area (Å²) in [4.78, 5) is 19.1. The van der Waals surface area contributed by atoms with E-state index in [0.29, 0.717) is 12.1 Å². The van der Waals surface area contributed by atoms with Crippen LogP contribution < -0.4 is 0 Å². The minimum absolute atomic E-state index is 0.0354. The van der Waals surface area contributed by atoms with E-state index in [9.17, 15) is 18.0 Å². The number of hydrogen-bond donors (Lipinski definition) is 0. The first kappa shape index (κ1) is 21.6. The molecule has 33 heavy (non-hydrogen) atoms. The van der Waals surface area contributed by atoms with Crippen molar-refractivity contribution in [1.82, 2.24) is 10.0 Å². The van der Waals surface area contributed by atoms with E-state index in [1.807, 2.05) is 59.6 Å². The van der Waals surface area contributed by atoms with E-state index in [1.165, 1.54) is 11.1 Å². The second-order valence-electron chi connectivity index (χ2n) is 7.94. The van der Waals surface area contributed by atoms with Crippen LogP contribution in [0, 0.1) is 0 Å². The predicted octanol–water partition coefficient (Wildman–Crippen LogP) is 6.06. The van der Waals surface area contributed by atoms with E-state index in [2.05, 4.69) is 0 Å². The van der Waals surface area contributed by atoms with Crippen molar-refractivity contribution in [1.29, 1.82) is 0 Å². The van der Waals surface area contributed by atoms with E-state index >= 15 is 0 Å². The van der Waals surface area contributed by atoms with Crippen LogP contribution in [0.3, 0.4) is 0 Å². The molecular weight excluding hydrogens is 447 g/mol. The maximum atomic E-state index is 13.2. The van der Waals surface area contributed by atoms with Crippen LogP contribution in [0.5, 0.6) is 0 Å². The number of aliphatic imine (C=N–C) groups is 1. The van der Waals surface area contributed by atoms with Crippen molar-refractivity contribution >= 4 is 29.2 Å². The molecule has 4 nitrogen and oxygen atoms in total. The summed E-state index contributed by atoms with van der Waals surface area (Å²) < 4.78 is 39.7. The first-order valence-corrected chi connectivity index (χ1v) is 11.4. The lowest BCUT2D eigenvalue weighted by atomic mass is 10.1. The Labute approximate surface area is 193 Å². The van der Waals surface area contributed by atoms with E-state index in [-0.39, 0.29) is 24.1 Å². The van der Waals surface area contributed by atoms with Gasteiger partial charge in [0.25, 0.3) is 0 Å². The number of amides is 1. The van der Waals surface area contributed by atoms with Crippen LogP contribution in [0.2, 0.25) is 0 Å². The molecule has 1 atom stereocenters. The Morgan fingerprint density at radius 2 is 1.58 bits per heavy atom. The lowest BCUT2D eigenvalue weighted by Gasteiger charge is -2.45. The number of carbonyl (C=O) groups excluding carboxylic acids is 1. The Kier molecular flexibility index (Phi) is 5.62. The number of nitrogens with zero attached hydrogens (tertiary/aromatic N) is 3. The van der Waals surface area contributed by atoms with Gasteiger partial charge in [0.1, 0.15) is 5.84 Å². The average Bonchev–Trinajstić information content (AvgIpc) is 2.80. The SMILES string of the molecule is O=C1C[C@@H]2Sc3ccccc3N=C2N(Cc2ccccc2)N1Cc1cccc(C(F)(F)F)c1. The van der Waals surface area contributed by atoms with E-state index in [0.717, 1.165) is 34.1 Å². The highest BCUT2D eigenvalue weighted by Gasteiger charge is 2.40. The van der Waals surface area contributed by atoms with E-state index in [1.54, 1.807) is 17.8 Å². The fraction of sp³-hybridized carbons (Fsp3) is 0.200. The maximum Gasteiger partial charge on any atom is 0.416 e. The summed E-state index contributed by atoms with van der Waals surface area (Å²) in [6.45, 7) is 0.428. The summed E-state index contributed by atoms with van der Waals surface area (Å²) in [6, 6.07) is 22.6. The number of carbonyl (C=O) groups is 1. The van der Waals surface area contributed by atoms with Crippen LogP contribution in [0.15, 0.2) is 88.8 Å². The number of para-hydroxylation sites is 1. The van der Waals surface area contributed by atoms with Gasteiger partial charge in [0.05, 0.1) is 29.6 Å². The summed E-state index contributed by atoms with van der Waals surface area (Å²) in [5.74, 6) is 0.605. The Hall–Kier alpha value is -3.26. The molecule has 8 heteroatoms. The summed E-state index contributed by atoms with van der Waals surface area (Å²) in [7, 11) is 0. The van der Waals surface area contributed by atoms with Gasteiger partial charge in [-0.05, 0) is 35.4 Å². The van der Waals surface area contributed by atoms with Crippen LogP contribution in [0.4, 0.5) is 18.9 Å². The number of thioether (sulfide) groups is 1. The number of rotatable bonds is 4. The fourth-order valence-electron chi connectivity index (χ4n) is 4.04. The van der Waals surface area contributed by atoms with Gasteiger partial charge in [-0.3, -0.25) is 9.80 Å². The zero-order chi connectivity index (χ0) is 23.0. The Bertz CT molecular complexity index is 1210. The molecule has 0 aliphatic carbocycles. The quantitative estimate of drug-likeness (QED) is 0.468. The molecule has 0 saturated carbocycles. The number of amidine groups is 1. The van der Waals surface area contributed by atoms with Crippen molar-refractivity contribution in [3.63, 3.8) is 0 Å². The van der Waals surface area contributed by atoms with Crippen LogP contribution in [-0.2, 0) is 24.1 Å². The summed E-state index contributed by atoms with van der Waals surface area (Å²) in [5.41, 5.74) is 1.50. The Morgan fingerprint density at radius 1 is 0.879 bits per heavy atom. The van der Waals surface area contributed by atoms with Crippen LogP contribution in [0.1, 0.15) is 23.1 Å². The minimum Gasteiger partial charge on any atom is -0.273 e. The third-order valence-electron chi connectivity index (χ3n) is 5.62. The van der Waals surface area contributed by atoms with Gasteiger partial charge in [0.2, 0.25) is 5.91 Å². The van der Waals surface area contributed by atoms with E-state index in [4.69, 9.17) is 4.99 Å². The molecule has 0 aromatic heterocycles. The molecule has 0 bridgehead atoms. The molecule has 168 valence electrons. The number of alkyl halides is 3. The molecule has 3 aromatic carbocycles. The highest BCUT2D eigenvalue weighted by molar-refractivity contribution is 8.01. The van der Waals surface area contributed by atoms with Crippen molar-refractivity contribution < 1.29 is 18.0 Å². The molecule has 0 radical (unpaired) electrons. The maximum absolute atomic E-state index is 13.2. The highest BCUT2D eigenvalue weighted by Crippen LogP contribution is 2.42.